The van der Waals surface area contributed by atoms with Crippen LogP contribution in [0.4, 0.5) is 0 Å². The lowest BCUT2D eigenvalue weighted by atomic mass is 9.65. The zero-order valence-electron chi connectivity index (χ0n) is 11.0. The molecule has 0 heterocycles. The van der Waals surface area contributed by atoms with Gasteiger partial charge in [0.25, 0.3) is 0 Å². The topological polar surface area (TPSA) is 35.2 Å². The second-order valence-corrected chi connectivity index (χ2v) is 6.35. The lowest BCUT2D eigenvalue weighted by Gasteiger charge is -2.51. The highest BCUT2D eigenvalue weighted by molar-refractivity contribution is 5.01. The maximum atomic E-state index is 6.26. The van der Waals surface area contributed by atoms with Gasteiger partial charge in [-0.05, 0) is 25.2 Å². The lowest BCUT2D eigenvalue weighted by Crippen LogP contribution is -2.59. The van der Waals surface area contributed by atoms with E-state index in [-0.39, 0.29) is 5.41 Å². The van der Waals surface area contributed by atoms with Crippen LogP contribution in [0.5, 0.6) is 0 Å². The van der Waals surface area contributed by atoms with E-state index in [0.29, 0.717) is 18.2 Å². The van der Waals surface area contributed by atoms with E-state index in [1.54, 1.807) is 0 Å². The highest BCUT2D eigenvalue weighted by atomic mass is 16.5. The first-order chi connectivity index (χ1) is 7.54. The van der Waals surface area contributed by atoms with Crippen molar-refractivity contribution in [1.29, 1.82) is 0 Å². The second-order valence-electron chi connectivity index (χ2n) is 6.35. The third-order valence-electron chi connectivity index (χ3n) is 4.92. The minimum absolute atomic E-state index is 0.194. The molecule has 94 valence electrons. The molecule has 0 radical (unpaired) electrons. The SMILES string of the molecule is CCC1CCCC(OC2CC(N)C2(C)C)C1. The van der Waals surface area contributed by atoms with E-state index >= 15 is 0 Å². The summed E-state index contributed by atoms with van der Waals surface area (Å²) in [6.45, 7) is 6.79. The predicted octanol–water partition coefficient (Wildman–Crippen LogP) is 3.10. The molecule has 2 nitrogen and oxygen atoms in total. The molecule has 2 N–H and O–H groups in total. The van der Waals surface area contributed by atoms with Gasteiger partial charge in [-0.1, -0.05) is 40.0 Å². The Balaban J connectivity index is 1.82. The molecule has 2 fully saturated rings. The first kappa shape index (κ1) is 12.4. The van der Waals surface area contributed by atoms with Crippen LogP contribution in [0.25, 0.3) is 0 Å². The van der Waals surface area contributed by atoms with Crippen molar-refractivity contribution in [2.75, 3.05) is 0 Å². The van der Waals surface area contributed by atoms with Crippen molar-refractivity contribution in [1.82, 2.24) is 0 Å². The van der Waals surface area contributed by atoms with Gasteiger partial charge in [-0.2, -0.15) is 0 Å². The Morgan fingerprint density at radius 3 is 2.56 bits per heavy atom. The molecular weight excluding hydrogens is 198 g/mol. The molecule has 0 aromatic heterocycles. The molecule has 2 aliphatic carbocycles. The van der Waals surface area contributed by atoms with Crippen molar-refractivity contribution in [2.24, 2.45) is 17.1 Å². The maximum Gasteiger partial charge on any atom is 0.0659 e. The van der Waals surface area contributed by atoms with Crippen LogP contribution in [0, 0.1) is 11.3 Å². The van der Waals surface area contributed by atoms with Gasteiger partial charge in [0.05, 0.1) is 12.2 Å². The Bertz CT molecular complexity index is 239. The second kappa shape index (κ2) is 4.66. The number of rotatable bonds is 3. The fourth-order valence-electron chi connectivity index (χ4n) is 3.12. The van der Waals surface area contributed by atoms with Gasteiger partial charge in [-0.25, -0.2) is 0 Å². The van der Waals surface area contributed by atoms with Crippen LogP contribution in [0.15, 0.2) is 0 Å². The van der Waals surface area contributed by atoms with Gasteiger partial charge >= 0.3 is 0 Å². The summed E-state index contributed by atoms with van der Waals surface area (Å²) in [5.41, 5.74) is 6.22. The van der Waals surface area contributed by atoms with Crippen molar-refractivity contribution in [2.45, 2.75) is 77.5 Å². The Kier molecular flexibility index (Phi) is 3.60. The molecule has 0 aromatic rings. The first-order valence-electron chi connectivity index (χ1n) is 6.95. The van der Waals surface area contributed by atoms with E-state index in [1.807, 2.05) is 0 Å². The van der Waals surface area contributed by atoms with Crippen molar-refractivity contribution in [3.8, 4) is 0 Å². The standard InChI is InChI=1S/C14H27NO/c1-4-10-6-5-7-11(8-10)16-13-9-12(15)14(13,2)3/h10-13H,4-9,15H2,1-3H3. The zero-order chi connectivity index (χ0) is 11.8. The van der Waals surface area contributed by atoms with Crippen LogP contribution >= 0.6 is 0 Å². The molecule has 2 aliphatic rings. The quantitative estimate of drug-likeness (QED) is 0.801. The largest absolute Gasteiger partial charge is 0.374 e. The lowest BCUT2D eigenvalue weighted by molar-refractivity contribution is -0.150. The molecule has 0 amide bonds. The van der Waals surface area contributed by atoms with E-state index in [2.05, 4.69) is 20.8 Å². The summed E-state index contributed by atoms with van der Waals surface area (Å²) in [4.78, 5) is 0. The molecule has 2 saturated carbocycles. The molecule has 0 aliphatic heterocycles. The van der Waals surface area contributed by atoms with E-state index in [9.17, 15) is 0 Å². The van der Waals surface area contributed by atoms with Crippen molar-refractivity contribution in [3.63, 3.8) is 0 Å². The Morgan fingerprint density at radius 1 is 1.25 bits per heavy atom. The van der Waals surface area contributed by atoms with Crippen LogP contribution < -0.4 is 5.73 Å². The molecule has 16 heavy (non-hydrogen) atoms. The van der Waals surface area contributed by atoms with Gasteiger partial charge in [-0.3, -0.25) is 0 Å². The van der Waals surface area contributed by atoms with Crippen LogP contribution in [0.1, 0.15) is 59.3 Å². The molecule has 0 saturated heterocycles. The molecule has 0 spiro atoms. The van der Waals surface area contributed by atoms with Gasteiger partial charge in [-0.15, -0.1) is 0 Å². The normalized spacial score (nSPS) is 42.8. The summed E-state index contributed by atoms with van der Waals surface area (Å²) in [7, 11) is 0. The van der Waals surface area contributed by atoms with E-state index in [4.69, 9.17) is 10.5 Å². The molecule has 4 atom stereocenters. The maximum absolute atomic E-state index is 6.26. The molecule has 4 unspecified atom stereocenters. The van der Waals surface area contributed by atoms with Gasteiger partial charge in [0.15, 0.2) is 0 Å². The molecule has 2 rings (SSSR count). The third-order valence-corrected chi connectivity index (χ3v) is 4.92. The van der Waals surface area contributed by atoms with E-state index in [1.165, 1.54) is 32.1 Å². The van der Waals surface area contributed by atoms with Crippen molar-refractivity contribution >= 4 is 0 Å². The van der Waals surface area contributed by atoms with E-state index in [0.717, 1.165) is 12.3 Å². The summed E-state index contributed by atoms with van der Waals surface area (Å²) >= 11 is 0. The van der Waals surface area contributed by atoms with Crippen molar-refractivity contribution in [3.05, 3.63) is 0 Å². The molecule has 0 bridgehead atoms. The smallest absolute Gasteiger partial charge is 0.0659 e. The van der Waals surface area contributed by atoms with Crippen LogP contribution in [0.3, 0.4) is 0 Å². The Labute approximate surface area is 99.9 Å². The minimum Gasteiger partial charge on any atom is -0.374 e. The summed E-state index contributed by atoms with van der Waals surface area (Å²) in [6, 6.07) is 0.336. The summed E-state index contributed by atoms with van der Waals surface area (Å²) < 4.78 is 6.26. The Morgan fingerprint density at radius 2 is 2.00 bits per heavy atom. The average molecular weight is 225 g/mol. The minimum atomic E-state index is 0.194. The van der Waals surface area contributed by atoms with Gasteiger partial charge in [0.2, 0.25) is 0 Å². The zero-order valence-corrected chi connectivity index (χ0v) is 11.0. The molecular formula is C14H27NO. The predicted molar refractivity (Wildman–Crippen MR) is 67.3 cm³/mol. The average Bonchev–Trinajstić information content (AvgIpc) is 2.29. The fraction of sp³-hybridized carbons (Fsp3) is 1.00. The summed E-state index contributed by atoms with van der Waals surface area (Å²) in [5.74, 6) is 0.899. The van der Waals surface area contributed by atoms with Gasteiger partial charge in [0, 0.05) is 11.5 Å². The van der Waals surface area contributed by atoms with E-state index < -0.39 is 0 Å². The highest BCUT2D eigenvalue weighted by Crippen LogP contribution is 2.43. The van der Waals surface area contributed by atoms with Gasteiger partial charge in [0.1, 0.15) is 0 Å². The van der Waals surface area contributed by atoms with Crippen LogP contribution in [-0.2, 0) is 4.74 Å². The molecule has 0 aromatic carbocycles. The number of hydrogen-bond acceptors (Lipinski definition) is 2. The highest BCUT2D eigenvalue weighted by Gasteiger charge is 2.47. The monoisotopic (exact) mass is 225 g/mol. The van der Waals surface area contributed by atoms with Crippen LogP contribution in [-0.4, -0.2) is 18.2 Å². The number of hydrogen-bond donors (Lipinski definition) is 1. The van der Waals surface area contributed by atoms with Crippen molar-refractivity contribution < 1.29 is 4.74 Å². The molecule has 2 heteroatoms. The van der Waals surface area contributed by atoms with Gasteiger partial charge < -0.3 is 10.5 Å². The first-order valence-corrected chi connectivity index (χ1v) is 6.95. The number of nitrogens with two attached hydrogens (primary N) is 1. The Hall–Kier alpha value is -0.0800. The third kappa shape index (κ3) is 2.28. The van der Waals surface area contributed by atoms with Crippen LogP contribution in [0.2, 0.25) is 0 Å². The summed E-state index contributed by atoms with van der Waals surface area (Å²) in [5, 5.41) is 0. The number of ether oxygens (including phenoxy) is 1. The summed E-state index contributed by atoms with van der Waals surface area (Å²) in [6.07, 6.45) is 8.58. The fourth-order valence-corrected chi connectivity index (χ4v) is 3.12.